The Labute approximate surface area is 137 Å². The van der Waals surface area contributed by atoms with Crippen LogP contribution in [0.3, 0.4) is 0 Å². The second kappa shape index (κ2) is 6.83. The lowest BCUT2D eigenvalue weighted by Gasteiger charge is -2.30. The summed E-state index contributed by atoms with van der Waals surface area (Å²) in [5.74, 6) is 0. The van der Waals surface area contributed by atoms with Crippen LogP contribution in [0.1, 0.15) is 35.6 Å². The van der Waals surface area contributed by atoms with Crippen LogP contribution in [0.25, 0.3) is 0 Å². The molecule has 1 fully saturated rings. The fourth-order valence-electron chi connectivity index (χ4n) is 2.87. The summed E-state index contributed by atoms with van der Waals surface area (Å²) in [6.07, 6.45) is 1.84. The van der Waals surface area contributed by atoms with E-state index >= 15 is 0 Å². The van der Waals surface area contributed by atoms with Gasteiger partial charge < -0.3 is 0 Å². The van der Waals surface area contributed by atoms with E-state index in [-0.39, 0.29) is 12.1 Å². The van der Waals surface area contributed by atoms with Crippen LogP contribution >= 0.6 is 0 Å². The van der Waals surface area contributed by atoms with Crippen molar-refractivity contribution in [1.82, 2.24) is 4.72 Å². The summed E-state index contributed by atoms with van der Waals surface area (Å²) in [4.78, 5) is 0. The van der Waals surface area contributed by atoms with E-state index in [2.05, 4.69) is 35.9 Å². The summed E-state index contributed by atoms with van der Waals surface area (Å²) in [5.41, 5.74) is 3.39. The van der Waals surface area contributed by atoms with Crippen molar-refractivity contribution >= 4 is 10.3 Å². The van der Waals surface area contributed by atoms with Gasteiger partial charge >= 0.3 is 10.3 Å². The maximum absolute atomic E-state index is 12.0. The van der Waals surface area contributed by atoms with Crippen LogP contribution in [0.2, 0.25) is 0 Å². The molecule has 23 heavy (non-hydrogen) atoms. The molecule has 122 valence electrons. The molecule has 1 aliphatic heterocycles. The number of hydrogen-bond donors (Lipinski definition) is 1. The predicted molar refractivity (Wildman–Crippen MR) is 90.2 cm³/mol. The van der Waals surface area contributed by atoms with Gasteiger partial charge in [0.2, 0.25) is 0 Å². The van der Waals surface area contributed by atoms with Gasteiger partial charge in [-0.25, -0.2) is 0 Å². The second-order valence-corrected chi connectivity index (χ2v) is 7.35. The van der Waals surface area contributed by atoms with Gasteiger partial charge in [0.25, 0.3) is 0 Å². The largest absolute Gasteiger partial charge is 0.336 e. The van der Waals surface area contributed by atoms with Crippen molar-refractivity contribution in [1.29, 1.82) is 0 Å². The van der Waals surface area contributed by atoms with Gasteiger partial charge in [-0.05, 0) is 37.3 Å². The topological polar surface area (TPSA) is 55.4 Å². The quantitative estimate of drug-likeness (QED) is 0.935. The summed E-state index contributed by atoms with van der Waals surface area (Å²) in [5, 5.41) is 0. The Bertz CT molecular complexity index is 742. The van der Waals surface area contributed by atoms with Gasteiger partial charge in [0.1, 0.15) is 0 Å². The predicted octanol–water partition coefficient (Wildman–Crippen LogP) is 3.29. The van der Waals surface area contributed by atoms with Crippen LogP contribution in [0.5, 0.6) is 0 Å². The Balaban J connectivity index is 1.68. The molecular weight excluding hydrogens is 310 g/mol. The first kappa shape index (κ1) is 16.2. The van der Waals surface area contributed by atoms with E-state index in [0.29, 0.717) is 12.8 Å². The average molecular weight is 331 g/mol. The molecule has 5 heteroatoms. The number of rotatable bonds is 4. The Kier molecular flexibility index (Phi) is 4.80. The molecule has 1 saturated heterocycles. The summed E-state index contributed by atoms with van der Waals surface area (Å²) in [6, 6.07) is 17.7. The molecule has 1 N–H and O–H groups in total. The Morgan fingerprint density at radius 2 is 1.78 bits per heavy atom. The molecule has 0 saturated carbocycles. The minimum Gasteiger partial charge on any atom is -0.255 e. The van der Waals surface area contributed by atoms with Crippen molar-refractivity contribution in [2.45, 2.75) is 38.3 Å². The number of nitrogens with one attached hydrogen (secondary N) is 1. The van der Waals surface area contributed by atoms with Crippen molar-refractivity contribution in [2.24, 2.45) is 0 Å². The van der Waals surface area contributed by atoms with Gasteiger partial charge in [-0.1, -0.05) is 60.2 Å². The average Bonchev–Trinajstić information content (AvgIpc) is 2.54. The maximum atomic E-state index is 12.0. The first-order valence-electron chi connectivity index (χ1n) is 7.83. The molecule has 2 unspecified atom stereocenters. The number of hydrogen-bond acceptors (Lipinski definition) is 3. The highest BCUT2D eigenvalue weighted by Gasteiger charge is 2.32. The lowest BCUT2D eigenvalue weighted by molar-refractivity contribution is 0.149. The summed E-state index contributed by atoms with van der Waals surface area (Å²) < 4.78 is 31.8. The molecule has 2 aromatic rings. The molecule has 0 amide bonds. The van der Waals surface area contributed by atoms with E-state index in [1.54, 1.807) is 0 Å². The molecule has 2 aromatic carbocycles. The summed E-state index contributed by atoms with van der Waals surface area (Å²) in [6.45, 7) is 2.05. The van der Waals surface area contributed by atoms with E-state index in [4.69, 9.17) is 4.18 Å². The lowest BCUT2D eigenvalue weighted by atomic mass is 9.97. The number of benzene rings is 2. The monoisotopic (exact) mass is 331 g/mol. The van der Waals surface area contributed by atoms with Crippen LogP contribution in [0.4, 0.5) is 0 Å². The third kappa shape index (κ3) is 4.41. The van der Waals surface area contributed by atoms with Crippen LogP contribution in [-0.2, 0) is 20.9 Å². The van der Waals surface area contributed by atoms with Crippen LogP contribution in [0, 0.1) is 6.92 Å². The zero-order chi connectivity index (χ0) is 16.3. The fourth-order valence-corrected chi connectivity index (χ4v) is 4.04. The van der Waals surface area contributed by atoms with E-state index in [1.807, 2.05) is 30.3 Å². The van der Waals surface area contributed by atoms with E-state index < -0.39 is 10.3 Å². The van der Waals surface area contributed by atoms with Crippen molar-refractivity contribution < 1.29 is 12.6 Å². The molecule has 4 nitrogen and oxygen atoms in total. The molecule has 0 spiro atoms. The lowest BCUT2D eigenvalue weighted by Crippen LogP contribution is -2.41. The van der Waals surface area contributed by atoms with Gasteiger partial charge in [0.15, 0.2) is 0 Å². The number of aryl methyl sites for hydroxylation is 2. The van der Waals surface area contributed by atoms with Crippen molar-refractivity contribution in [3.63, 3.8) is 0 Å². The molecule has 0 bridgehead atoms. The summed E-state index contributed by atoms with van der Waals surface area (Å²) >= 11 is 0. The molecule has 1 heterocycles. The highest BCUT2D eigenvalue weighted by atomic mass is 32.2. The zero-order valence-corrected chi connectivity index (χ0v) is 13.9. The van der Waals surface area contributed by atoms with E-state index in [9.17, 15) is 8.42 Å². The van der Waals surface area contributed by atoms with E-state index in [1.165, 1.54) is 11.1 Å². The third-order valence-corrected chi connectivity index (χ3v) is 5.22. The maximum Gasteiger partial charge on any atom is 0.336 e. The fraction of sp³-hybridized carbons (Fsp3) is 0.333. The van der Waals surface area contributed by atoms with Crippen molar-refractivity contribution in [3.05, 3.63) is 71.3 Å². The Morgan fingerprint density at radius 1 is 1.09 bits per heavy atom. The van der Waals surface area contributed by atoms with Gasteiger partial charge in [-0.15, -0.1) is 0 Å². The highest BCUT2D eigenvalue weighted by molar-refractivity contribution is 7.84. The molecule has 1 aliphatic rings. The van der Waals surface area contributed by atoms with Gasteiger partial charge in [-0.3, -0.25) is 4.18 Å². The zero-order valence-electron chi connectivity index (χ0n) is 13.1. The van der Waals surface area contributed by atoms with Gasteiger partial charge in [0, 0.05) is 0 Å². The van der Waals surface area contributed by atoms with Gasteiger partial charge in [-0.2, -0.15) is 13.1 Å². The SMILES string of the molecule is Cc1ccc(CCC2CC(c3ccccc3)NS(=O)(=O)O2)cc1. The Morgan fingerprint density at radius 3 is 2.48 bits per heavy atom. The molecule has 3 rings (SSSR count). The minimum atomic E-state index is -3.69. The van der Waals surface area contributed by atoms with Crippen molar-refractivity contribution in [3.8, 4) is 0 Å². The van der Waals surface area contributed by atoms with E-state index in [0.717, 1.165) is 12.0 Å². The van der Waals surface area contributed by atoms with Crippen LogP contribution < -0.4 is 4.72 Å². The third-order valence-electron chi connectivity index (χ3n) is 4.13. The molecule has 0 aliphatic carbocycles. The molecule has 2 atom stereocenters. The molecule has 0 aromatic heterocycles. The standard InChI is InChI=1S/C18H21NO3S/c1-14-7-9-15(10-8-14)11-12-17-13-18(19-23(20,21)22-17)16-5-3-2-4-6-16/h2-10,17-19H,11-13H2,1H3. The smallest absolute Gasteiger partial charge is 0.255 e. The Hall–Kier alpha value is -1.69. The first-order valence-corrected chi connectivity index (χ1v) is 9.24. The first-order chi connectivity index (χ1) is 11.0. The normalized spacial score (nSPS) is 23.5. The second-order valence-electron chi connectivity index (χ2n) is 6.01. The van der Waals surface area contributed by atoms with Crippen LogP contribution in [0.15, 0.2) is 54.6 Å². The highest BCUT2D eigenvalue weighted by Crippen LogP contribution is 2.28. The molecular formula is C18H21NO3S. The van der Waals surface area contributed by atoms with Crippen molar-refractivity contribution in [2.75, 3.05) is 0 Å². The summed E-state index contributed by atoms with van der Waals surface area (Å²) in [7, 11) is -3.69. The van der Waals surface area contributed by atoms with Crippen LogP contribution in [-0.4, -0.2) is 14.5 Å². The van der Waals surface area contributed by atoms with Gasteiger partial charge in [0.05, 0.1) is 12.1 Å². The minimum absolute atomic E-state index is 0.224. The molecule has 0 radical (unpaired) electrons.